The molecular formula is C22H26ClN3O2. The van der Waals surface area contributed by atoms with E-state index in [1.165, 1.54) is 0 Å². The van der Waals surface area contributed by atoms with Gasteiger partial charge < -0.3 is 15.1 Å². The molecule has 0 spiro atoms. The Balaban J connectivity index is 1.55. The molecule has 1 saturated heterocycles. The monoisotopic (exact) mass is 399 g/mol. The van der Waals surface area contributed by atoms with Gasteiger partial charge in [0.15, 0.2) is 0 Å². The van der Waals surface area contributed by atoms with Crippen molar-refractivity contribution >= 4 is 34.8 Å². The second-order valence-corrected chi connectivity index (χ2v) is 7.91. The summed E-state index contributed by atoms with van der Waals surface area (Å²) in [5.74, 6) is 0.446. The maximum atomic E-state index is 12.3. The van der Waals surface area contributed by atoms with Gasteiger partial charge in [-0.25, -0.2) is 0 Å². The third-order valence-electron chi connectivity index (χ3n) is 4.79. The van der Waals surface area contributed by atoms with E-state index < -0.39 is 0 Å². The molecule has 0 atom stereocenters. The van der Waals surface area contributed by atoms with E-state index in [4.69, 9.17) is 11.6 Å². The molecular weight excluding hydrogens is 374 g/mol. The van der Waals surface area contributed by atoms with Gasteiger partial charge in [0, 0.05) is 54.6 Å². The molecule has 6 heteroatoms. The fraction of sp³-hybridized carbons (Fsp3) is 0.364. The van der Waals surface area contributed by atoms with Crippen molar-refractivity contribution in [2.24, 2.45) is 5.92 Å². The molecule has 0 radical (unpaired) electrons. The largest absolute Gasteiger partial charge is 0.368 e. The molecule has 2 amide bonds. The lowest BCUT2D eigenvalue weighted by atomic mass is 10.1. The number of piperazine rings is 1. The molecule has 1 fully saturated rings. The summed E-state index contributed by atoms with van der Waals surface area (Å²) in [6.07, 6.45) is 0.612. The first kappa shape index (κ1) is 20.2. The molecule has 0 bridgehead atoms. The highest BCUT2D eigenvalue weighted by Crippen LogP contribution is 2.21. The molecule has 148 valence electrons. The van der Waals surface area contributed by atoms with Crippen LogP contribution in [0.3, 0.4) is 0 Å². The summed E-state index contributed by atoms with van der Waals surface area (Å²) < 4.78 is 0. The van der Waals surface area contributed by atoms with Crippen LogP contribution in [-0.2, 0) is 4.79 Å². The minimum atomic E-state index is -0.187. The number of carbonyl (C=O) groups is 2. The van der Waals surface area contributed by atoms with Crippen molar-refractivity contribution in [2.75, 3.05) is 36.4 Å². The van der Waals surface area contributed by atoms with Crippen molar-refractivity contribution in [3.63, 3.8) is 0 Å². The second kappa shape index (κ2) is 9.11. The fourth-order valence-electron chi connectivity index (χ4n) is 3.28. The minimum Gasteiger partial charge on any atom is -0.368 e. The van der Waals surface area contributed by atoms with Gasteiger partial charge in [-0.2, -0.15) is 0 Å². The molecule has 2 aromatic rings. The van der Waals surface area contributed by atoms with E-state index in [9.17, 15) is 9.59 Å². The van der Waals surface area contributed by atoms with Gasteiger partial charge >= 0.3 is 0 Å². The van der Waals surface area contributed by atoms with Crippen LogP contribution < -0.4 is 10.2 Å². The fourth-order valence-corrected chi connectivity index (χ4v) is 3.47. The molecule has 0 saturated carbocycles. The normalized spacial score (nSPS) is 14.3. The predicted octanol–water partition coefficient (Wildman–Crippen LogP) is 4.29. The summed E-state index contributed by atoms with van der Waals surface area (Å²) in [5, 5.41) is 3.42. The Morgan fingerprint density at radius 2 is 1.71 bits per heavy atom. The number of hydrogen-bond acceptors (Lipinski definition) is 3. The van der Waals surface area contributed by atoms with Crippen molar-refractivity contribution in [3.8, 4) is 0 Å². The smallest absolute Gasteiger partial charge is 0.255 e. The first-order valence-corrected chi connectivity index (χ1v) is 10.00. The van der Waals surface area contributed by atoms with Crippen molar-refractivity contribution < 1.29 is 9.59 Å². The zero-order chi connectivity index (χ0) is 20.1. The van der Waals surface area contributed by atoms with E-state index in [0.717, 1.165) is 37.6 Å². The quantitative estimate of drug-likeness (QED) is 0.816. The van der Waals surface area contributed by atoms with E-state index >= 15 is 0 Å². The number of halogens is 1. The lowest BCUT2D eigenvalue weighted by Crippen LogP contribution is -2.49. The summed E-state index contributed by atoms with van der Waals surface area (Å²) in [4.78, 5) is 28.7. The molecule has 28 heavy (non-hydrogen) atoms. The van der Waals surface area contributed by atoms with Crippen LogP contribution in [0.25, 0.3) is 0 Å². The van der Waals surface area contributed by atoms with Gasteiger partial charge in [0.25, 0.3) is 5.91 Å². The van der Waals surface area contributed by atoms with Crippen molar-refractivity contribution in [1.29, 1.82) is 0 Å². The van der Waals surface area contributed by atoms with Crippen LogP contribution >= 0.6 is 11.6 Å². The number of rotatable bonds is 5. The molecule has 1 heterocycles. The summed E-state index contributed by atoms with van der Waals surface area (Å²) in [6, 6.07) is 14.7. The van der Waals surface area contributed by atoms with E-state index in [0.29, 0.717) is 22.9 Å². The highest BCUT2D eigenvalue weighted by Gasteiger charge is 2.21. The summed E-state index contributed by atoms with van der Waals surface area (Å²) in [5.41, 5.74) is 2.36. The number of carbonyl (C=O) groups excluding carboxylic acids is 2. The van der Waals surface area contributed by atoms with E-state index in [1.54, 1.807) is 24.3 Å². The second-order valence-electron chi connectivity index (χ2n) is 7.48. The van der Waals surface area contributed by atoms with Crippen LogP contribution in [0, 0.1) is 5.92 Å². The predicted molar refractivity (Wildman–Crippen MR) is 114 cm³/mol. The van der Waals surface area contributed by atoms with Gasteiger partial charge in [0.05, 0.1) is 0 Å². The van der Waals surface area contributed by atoms with Gasteiger partial charge in [0.2, 0.25) is 5.91 Å². The van der Waals surface area contributed by atoms with Gasteiger partial charge in [-0.1, -0.05) is 31.5 Å². The highest BCUT2D eigenvalue weighted by molar-refractivity contribution is 6.31. The number of benzene rings is 2. The van der Waals surface area contributed by atoms with Crippen molar-refractivity contribution in [2.45, 2.75) is 20.3 Å². The molecule has 0 aromatic heterocycles. The van der Waals surface area contributed by atoms with Crippen LogP contribution in [0.2, 0.25) is 5.02 Å². The molecule has 1 aliphatic rings. The third kappa shape index (κ3) is 5.26. The maximum Gasteiger partial charge on any atom is 0.255 e. The standard InChI is InChI=1S/C22H26ClN3O2/c1-16(2)14-21(27)26-12-10-25(11-13-26)20-8-6-19(7-9-20)24-22(28)17-4-3-5-18(23)15-17/h3-9,15-16H,10-14H2,1-2H3,(H,24,28). The van der Waals surface area contributed by atoms with Gasteiger partial charge in [-0.05, 0) is 48.4 Å². The number of anilines is 2. The number of nitrogens with zero attached hydrogens (tertiary/aromatic N) is 2. The Bertz CT molecular complexity index is 828. The van der Waals surface area contributed by atoms with Crippen LogP contribution in [0.15, 0.2) is 48.5 Å². The molecule has 5 nitrogen and oxygen atoms in total. The van der Waals surface area contributed by atoms with E-state index in [-0.39, 0.29) is 11.8 Å². The van der Waals surface area contributed by atoms with Gasteiger partial charge in [0.1, 0.15) is 0 Å². The zero-order valence-electron chi connectivity index (χ0n) is 16.3. The Kier molecular flexibility index (Phi) is 6.57. The first-order valence-electron chi connectivity index (χ1n) is 9.62. The van der Waals surface area contributed by atoms with Crippen molar-refractivity contribution in [3.05, 3.63) is 59.1 Å². The molecule has 0 unspecified atom stereocenters. The molecule has 3 rings (SSSR count). The van der Waals surface area contributed by atoms with E-state index in [2.05, 4.69) is 24.1 Å². The molecule has 2 aromatic carbocycles. The number of hydrogen-bond donors (Lipinski definition) is 1. The van der Waals surface area contributed by atoms with Crippen molar-refractivity contribution in [1.82, 2.24) is 4.90 Å². The highest BCUT2D eigenvalue weighted by atomic mass is 35.5. The summed E-state index contributed by atoms with van der Waals surface area (Å²) in [6.45, 7) is 7.27. The van der Waals surface area contributed by atoms with Crippen LogP contribution in [-0.4, -0.2) is 42.9 Å². The SMILES string of the molecule is CC(C)CC(=O)N1CCN(c2ccc(NC(=O)c3cccc(Cl)c3)cc2)CC1. The first-order chi connectivity index (χ1) is 13.4. The Labute approximate surface area is 171 Å². The Morgan fingerprint density at radius 3 is 2.32 bits per heavy atom. The van der Waals surface area contributed by atoms with Crippen LogP contribution in [0.1, 0.15) is 30.6 Å². The molecule has 1 aliphatic heterocycles. The number of nitrogens with one attached hydrogen (secondary N) is 1. The lowest BCUT2D eigenvalue weighted by molar-refractivity contribution is -0.132. The van der Waals surface area contributed by atoms with Crippen LogP contribution in [0.4, 0.5) is 11.4 Å². The molecule has 0 aliphatic carbocycles. The minimum absolute atomic E-state index is 0.187. The molecule has 1 N–H and O–H groups in total. The average molecular weight is 400 g/mol. The lowest BCUT2D eigenvalue weighted by Gasteiger charge is -2.36. The topological polar surface area (TPSA) is 52.7 Å². The van der Waals surface area contributed by atoms with Crippen LogP contribution in [0.5, 0.6) is 0 Å². The maximum absolute atomic E-state index is 12.3. The Morgan fingerprint density at radius 1 is 1.04 bits per heavy atom. The number of amides is 2. The zero-order valence-corrected chi connectivity index (χ0v) is 17.1. The van der Waals surface area contributed by atoms with E-state index in [1.807, 2.05) is 29.2 Å². The Hall–Kier alpha value is -2.53. The summed E-state index contributed by atoms with van der Waals surface area (Å²) in [7, 11) is 0. The third-order valence-corrected chi connectivity index (χ3v) is 5.03. The van der Waals surface area contributed by atoms with Gasteiger partial charge in [-0.15, -0.1) is 0 Å². The summed E-state index contributed by atoms with van der Waals surface area (Å²) >= 11 is 5.94. The average Bonchev–Trinajstić information content (AvgIpc) is 2.68. The van der Waals surface area contributed by atoms with Gasteiger partial charge in [-0.3, -0.25) is 9.59 Å².